The molecule has 2 N–H and O–H groups in total. The molecule has 1 unspecified atom stereocenters. The quantitative estimate of drug-likeness (QED) is 0.612. The van der Waals surface area contributed by atoms with Gasteiger partial charge in [0.15, 0.2) is 11.5 Å². The Morgan fingerprint density at radius 3 is 2.43 bits per heavy atom. The summed E-state index contributed by atoms with van der Waals surface area (Å²) in [6.45, 7) is 3.59. The van der Waals surface area contributed by atoms with E-state index in [1.807, 2.05) is 6.07 Å². The van der Waals surface area contributed by atoms with Crippen LogP contribution in [0.25, 0.3) is 0 Å². The molecule has 0 amide bonds. The van der Waals surface area contributed by atoms with Crippen molar-refractivity contribution in [2.75, 3.05) is 40.5 Å². The van der Waals surface area contributed by atoms with Crippen molar-refractivity contribution in [2.45, 2.75) is 38.2 Å². The number of methoxy groups -OCH3 is 2. The molecule has 2 aromatic carbocycles. The first kappa shape index (κ1) is 22.2. The molecule has 1 aliphatic heterocycles. The Balaban J connectivity index is 1.74. The Kier molecular flexibility index (Phi) is 8.22. The van der Waals surface area contributed by atoms with Crippen LogP contribution in [0, 0.1) is 0 Å². The van der Waals surface area contributed by atoms with Crippen LogP contribution in [0.4, 0.5) is 0 Å². The van der Waals surface area contributed by atoms with Crippen LogP contribution in [0.3, 0.4) is 0 Å². The van der Waals surface area contributed by atoms with Gasteiger partial charge in [0.1, 0.15) is 18.1 Å². The highest BCUT2D eigenvalue weighted by atomic mass is 16.5. The maximum Gasteiger partial charge on any atom is 0.170 e. The summed E-state index contributed by atoms with van der Waals surface area (Å²) < 4.78 is 17.2. The first-order chi connectivity index (χ1) is 14.6. The van der Waals surface area contributed by atoms with E-state index in [9.17, 15) is 10.2 Å². The molecule has 1 atom stereocenters. The van der Waals surface area contributed by atoms with Crippen LogP contribution in [0.15, 0.2) is 36.4 Å². The number of aryl methyl sites for hydroxylation is 1. The molecule has 2 aromatic rings. The molecule has 164 valence electrons. The number of phenolic OH excluding ortho intramolecular Hbond substituents is 1. The minimum Gasteiger partial charge on any atom is -0.508 e. The van der Waals surface area contributed by atoms with Crippen LogP contribution in [0.2, 0.25) is 0 Å². The van der Waals surface area contributed by atoms with Crippen molar-refractivity contribution in [1.82, 2.24) is 4.90 Å². The molecule has 1 heterocycles. The summed E-state index contributed by atoms with van der Waals surface area (Å²) >= 11 is 0. The summed E-state index contributed by atoms with van der Waals surface area (Å²) in [6.07, 6.45) is 4.07. The zero-order valence-corrected chi connectivity index (χ0v) is 18.0. The number of piperidine rings is 1. The van der Waals surface area contributed by atoms with Gasteiger partial charge in [-0.2, -0.15) is 0 Å². The van der Waals surface area contributed by atoms with Crippen molar-refractivity contribution in [3.8, 4) is 23.0 Å². The molecule has 1 saturated heterocycles. The first-order valence-corrected chi connectivity index (χ1v) is 10.7. The molecule has 0 aromatic heterocycles. The Morgan fingerprint density at radius 1 is 1.00 bits per heavy atom. The monoisotopic (exact) mass is 415 g/mol. The zero-order chi connectivity index (χ0) is 21.3. The van der Waals surface area contributed by atoms with E-state index in [-0.39, 0.29) is 5.75 Å². The van der Waals surface area contributed by atoms with Gasteiger partial charge in [0.2, 0.25) is 0 Å². The van der Waals surface area contributed by atoms with E-state index in [0.29, 0.717) is 42.3 Å². The number of nitrogens with zero attached hydrogens (tertiary/aromatic N) is 1. The van der Waals surface area contributed by atoms with E-state index in [1.165, 1.54) is 19.3 Å². The number of aliphatic hydroxyl groups is 1. The molecule has 0 spiro atoms. The van der Waals surface area contributed by atoms with Gasteiger partial charge in [-0.15, -0.1) is 0 Å². The Morgan fingerprint density at radius 2 is 1.73 bits per heavy atom. The molecule has 0 bridgehead atoms. The van der Waals surface area contributed by atoms with E-state index >= 15 is 0 Å². The Labute approximate surface area is 179 Å². The van der Waals surface area contributed by atoms with Crippen LogP contribution in [-0.4, -0.2) is 55.6 Å². The van der Waals surface area contributed by atoms with E-state index in [0.717, 1.165) is 25.2 Å². The van der Waals surface area contributed by atoms with Gasteiger partial charge in [0, 0.05) is 6.54 Å². The average Bonchev–Trinajstić information content (AvgIpc) is 2.77. The number of hydrogen-bond acceptors (Lipinski definition) is 6. The van der Waals surface area contributed by atoms with Gasteiger partial charge < -0.3 is 24.4 Å². The van der Waals surface area contributed by atoms with Gasteiger partial charge >= 0.3 is 0 Å². The fourth-order valence-corrected chi connectivity index (χ4v) is 3.98. The van der Waals surface area contributed by atoms with Crippen molar-refractivity contribution in [3.05, 3.63) is 47.5 Å². The average molecular weight is 416 g/mol. The van der Waals surface area contributed by atoms with Crippen molar-refractivity contribution in [1.29, 1.82) is 0 Å². The van der Waals surface area contributed by atoms with Crippen LogP contribution < -0.4 is 14.2 Å². The minimum atomic E-state index is -0.789. The lowest BCUT2D eigenvalue weighted by molar-refractivity contribution is 0.148. The lowest BCUT2D eigenvalue weighted by Gasteiger charge is -2.27. The van der Waals surface area contributed by atoms with Gasteiger partial charge in [0.25, 0.3) is 0 Å². The minimum absolute atomic E-state index is 0.225. The third kappa shape index (κ3) is 5.80. The smallest absolute Gasteiger partial charge is 0.170 e. The summed E-state index contributed by atoms with van der Waals surface area (Å²) in [6, 6.07) is 10.7. The number of likely N-dealkylation sites (tertiary alicyclic amines) is 1. The molecule has 1 aliphatic rings. The maximum atomic E-state index is 11.0. The third-order valence-corrected chi connectivity index (χ3v) is 5.61. The molecular formula is C24H33NO5. The highest BCUT2D eigenvalue weighted by Crippen LogP contribution is 2.42. The van der Waals surface area contributed by atoms with Gasteiger partial charge in [0.05, 0.1) is 25.9 Å². The summed E-state index contributed by atoms with van der Waals surface area (Å²) in [4.78, 5) is 2.41. The Bertz CT molecular complexity index is 804. The molecular weight excluding hydrogens is 382 g/mol. The molecule has 0 radical (unpaired) electrons. The van der Waals surface area contributed by atoms with Crippen molar-refractivity contribution in [3.63, 3.8) is 0 Å². The Hall–Kier alpha value is -2.44. The highest BCUT2D eigenvalue weighted by molar-refractivity contribution is 5.55. The second-order valence-corrected chi connectivity index (χ2v) is 7.69. The molecule has 1 fully saturated rings. The number of hydrogen-bond donors (Lipinski definition) is 2. The van der Waals surface area contributed by atoms with Gasteiger partial charge in [-0.25, -0.2) is 0 Å². The van der Waals surface area contributed by atoms with E-state index in [4.69, 9.17) is 14.2 Å². The number of aromatic hydroxyl groups is 1. The number of ether oxygens (including phenoxy) is 3. The zero-order valence-electron chi connectivity index (χ0n) is 18.0. The largest absolute Gasteiger partial charge is 0.508 e. The molecule has 0 saturated carbocycles. The predicted octanol–water partition coefficient (Wildman–Crippen LogP) is 3.94. The maximum absolute atomic E-state index is 11.0. The van der Waals surface area contributed by atoms with Crippen LogP contribution in [0.1, 0.15) is 42.9 Å². The third-order valence-electron chi connectivity index (χ3n) is 5.61. The number of aliphatic hydroxyl groups excluding tert-OH is 1. The van der Waals surface area contributed by atoms with E-state index in [1.54, 1.807) is 44.6 Å². The molecule has 0 aliphatic carbocycles. The van der Waals surface area contributed by atoms with Crippen LogP contribution in [0.5, 0.6) is 23.0 Å². The molecule has 3 rings (SSSR count). The molecule has 30 heavy (non-hydrogen) atoms. The standard InChI is InChI=1S/C24H33NO5/c1-28-21-11-12-22(29-2)24(30-16-15-25-13-4-3-5-14-25)23(21)20(27)10-9-18-7-6-8-19(26)17-18/h6-8,11-12,17,20,26-27H,3-5,9-10,13-16H2,1-2H3. The number of phenols is 1. The normalized spacial score (nSPS) is 15.6. The fourth-order valence-electron chi connectivity index (χ4n) is 3.98. The fraction of sp³-hybridized carbons (Fsp3) is 0.500. The van der Waals surface area contributed by atoms with Crippen LogP contribution in [-0.2, 0) is 6.42 Å². The summed E-state index contributed by atoms with van der Waals surface area (Å²) in [5.41, 5.74) is 1.57. The highest BCUT2D eigenvalue weighted by Gasteiger charge is 2.23. The van der Waals surface area contributed by atoms with E-state index < -0.39 is 6.10 Å². The SMILES string of the molecule is COc1ccc(OC)c(C(O)CCc2cccc(O)c2)c1OCCN1CCCCC1. The topological polar surface area (TPSA) is 71.4 Å². The molecule has 6 nitrogen and oxygen atoms in total. The van der Waals surface area contributed by atoms with Gasteiger partial charge in [-0.05, 0) is 68.6 Å². The summed E-state index contributed by atoms with van der Waals surface area (Å²) in [5.74, 6) is 1.92. The number of rotatable bonds is 10. The van der Waals surface area contributed by atoms with Gasteiger partial charge in [-0.3, -0.25) is 4.90 Å². The predicted molar refractivity (Wildman–Crippen MR) is 117 cm³/mol. The molecule has 6 heteroatoms. The number of benzene rings is 2. The lowest BCUT2D eigenvalue weighted by atomic mass is 9.99. The second kappa shape index (κ2) is 11.1. The summed E-state index contributed by atoms with van der Waals surface area (Å²) in [5, 5.41) is 20.7. The van der Waals surface area contributed by atoms with Gasteiger partial charge in [-0.1, -0.05) is 18.6 Å². The van der Waals surface area contributed by atoms with E-state index in [2.05, 4.69) is 4.90 Å². The first-order valence-electron chi connectivity index (χ1n) is 10.7. The van der Waals surface area contributed by atoms with Crippen molar-refractivity contribution in [2.24, 2.45) is 0 Å². The van der Waals surface area contributed by atoms with Crippen LogP contribution >= 0.6 is 0 Å². The van der Waals surface area contributed by atoms with Crippen molar-refractivity contribution < 1.29 is 24.4 Å². The second-order valence-electron chi connectivity index (χ2n) is 7.69. The lowest BCUT2D eigenvalue weighted by Crippen LogP contribution is -2.33. The summed E-state index contributed by atoms with van der Waals surface area (Å²) in [7, 11) is 3.19. The van der Waals surface area contributed by atoms with Crippen molar-refractivity contribution >= 4 is 0 Å².